The van der Waals surface area contributed by atoms with Crippen molar-refractivity contribution >= 4 is 22.5 Å². The van der Waals surface area contributed by atoms with Gasteiger partial charge in [0, 0.05) is 33.1 Å². The molecule has 0 bridgehead atoms. The first-order valence-corrected chi connectivity index (χ1v) is 11.3. The van der Waals surface area contributed by atoms with E-state index in [0.29, 0.717) is 34.1 Å². The number of aryl methyl sites for hydroxylation is 1. The lowest BCUT2D eigenvalue weighted by Crippen LogP contribution is -2.47. The van der Waals surface area contributed by atoms with Crippen LogP contribution in [0.5, 0.6) is 0 Å². The number of aliphatic hydroxyl groups excluding tert-OH is 1. The van der Waals surface area contributed by atoms with Crippen LogP contribution in [0.15, 0.2) is 16.9 Å². The summed E-state index contributed by atoms with van der Waals surface area (Å²) in [6.45, 7) is 4.10. The third kappa shape index (κ3) is 2.40. The summed E-state index contributed by atoms with van der Waals surface area (Å²) in [5, 5.41) is 23.2. The normalized spacial score (nSPS) is 25.6. The van der Waals surface area contributed by atoms with Crippen molar-refractivity contribution in [1.29, 1.82) is 0 Å². The Balaban J connectivity index is 1.69. The number of hydrogen-bond donors (Lipinski definition) is 3. The zero-order chi connectivity index (χ0) is 22.5. The summed E-state index contributed by atoms with van der Waals surface area (Å²) in [5.74, 6) is 0. The second-order valence-corrected chi connectivity index (χ2v) is 9.52. The van der Waals surface area contributed by atoms with Crippen LogP contribution in [0.1, 0.15) is 59.2 Å². The van der Waals surface area contributed by atoms with Crippen LogP contribution in [0.4, 0.5) is 0 Å². The van der Waals surface area contributed by atoms with E-state index in [4.69, 9.17) is 27.1 Å². The van der Waals surface area contributed by atoms with E-state index >= 15 is 0 Å². The molecule has 32 heavy (non-hydrogen) atoms. The van der Waals surface area contributed by atoms with Crippen LogP contribution < -0.4 is 11.3 Å². The molecule has 3 atom stereocenters. The van der Waals surface area contributed by atoms with Crippen LogP contribution in [0.2, 0.25) is 5.02 Å². The molecule has 0 saturated carbocycles. The zero-order valence-corrected chi connectivity index (χ0v) is 18.7. The number of aromatic nitrogens is 2. The van der Waals surface area contributed by atoms with E-state index in [9.17, 15) is 15.0 Å². The number of pyridine rings is 2. The molecule has 1 aromatic carbocycles. The van der Waals surface area contributed by atoms with Gasteiger partial charge in [0.15, 0.2) is 6.29 Å². The highest BCUT2D eigenvalue weighted by atomic mass is 35.5. The third-order valence-electron chi connectivity index (χ3n) is 7.58. The van der Waals surface area contributed by atoms with Crippen molar-refractivity contribution in [3.05, 3.63) is 60.9 Å². The summed E-state index contributed by atoms with van der Waals surface area (Å²) in [7, 11) is 0. The number of nitrogens with two attached hydrogens (primary N) is 1. The molecule has 4 heterocycles. The van der Waals surface area contributed by atoms with Crippen LogP contribution >= 0.6 is 11.6 Å². The van der Waals surface area contributed by atoms with Crippen LogP contribution in [0.3, 0.4) is 0 Å². The van der Waals surface area contributed by atoms with Crippen molar-refractivity contribution in [1.82, 2.24) is 9.55 Å². The number of rotatable bonds is 1. The minimum absolute atomic E-state index is 0.0466. The summed E-state index contributed by atoms with van der Waals surface area (Å²) < 4.78 is 7.03. The highest BCUT2D eigenvalue weighted by Gasteiger charge is 2.44. The number of nitrogens with zero attached hydrogens (tertiary/aromatic N) is 2. The molecule has 0 spiro atoms. The fourth-order valence-electron chi connectivity index (χ4n) is 5.70. The molecule has 1 aliphatic carbocycles. The summed E-state index contributed by atoms with van der Waals surface area (Å²) in [6, 6.07) is 3.50. The number of aliphatic hydroxyl groups is 2. The van der Waals surface area contributed by atoms with Gasteiger partial charge >= 0.3 is 0 Å². The van der Waals surface area contributed by atoms with E-state index in [-0.39, 0.29) is 24.6 Å². The number of hydrogen-bond acceptors (Lipinski definition) is 6. The molecule has 6 rings (SSSR count). The molecule has 2 aliphatic heterocycles. The maximum absolute atomic E-state index is 13.5. The predicted octanol–water partition coefficient (Wildman–Crippen LogP) is 2.78. The van der Waals surface area contributed by atoms with Crippen molar-refractivity contribution in [2.24, 2.45) is 5.73 Å². The van der Waals surface area contributed by atoms with Gasteiger partial charge in [-0.15, -0.1) is 0 Å². The Labute approximate surface area is 189 Å². The molecule has 7 nitrogen and oxygen atoms in total. The Morgan fingerprint density at radius 1 is 1.34 bits per heavy atom. The number of benzene rings is 1. The molecule has 4 N–H and O–H groups in total. The number of fused-ring (bicyclic) bond motifs is 5. The highest BCUT2D eigenvalue weighted by Crippen LogP contribution is 2.46. The van der Waals surface area contributed by atoms with E-state index < -0.39 is 11.9 Å². The van der Waals surface area contributed by atoms with Gasteiger partial charge in [0.1, 0.15) is 5.60 Å². The maximum atomic E-state index is 13.5. The van der Waals surface area contributed by atoms with Gasteiger partial charge in [0.25, 0.3) is 5.56 Å². The van der Waals surface area contributed by atoms with Crippen molar-refractivity contribution in [2.45, 2.75) is 64.2 Å². The molecule has 0 saturated heterocycles. The van der Waals surface area contributed by atoms with Crippen LogP contribution in [0.25, 0.3) is 22.3 Å². The van der Waals surface area contributed by atoms with E-state index in [1.165, 1.54) is 5.56 Å². The molecular weight excluding hydrogens is 430 g/mol. The largest absolute Gasteiger partial charge is 0.380 e. The zero-order valence-electron chi connectivity index (χ0n) is 17.9. The van der Waals surface area contributed by atoms with Gasteiger partial charge in [-0.25, -0.2) is 4.98 Å². The highest BCUT2D eigenvalue weighted by molar-refractivity contribution is 6.32. The lowest BCUT2D eigenvalue weighted by Gasteiger charge is -2.37. The van der Waals surface area contributed by atoms with Gasteiger partial charge in [0.2, 0.25) is 0 Å². The van der Waals surface area contributed by atoms with E-state index in [0.717, 1.165) is 40.4 Å². The van der Waals surface area contributed by atoms with Gasteiger partial charge < -0.3 is 25.3 Å². The van der Waals surface area contributed by atoms with Gasteiger partial charge in [0.05, 0.1) is 30.1 Å². The lowest BCUT2D eigenvalue weighted by atomic mass is 9.82. The standard InChI is InChI=1S/C24H24ClN3O4/c1-3-24(31)14-6-18-21-12(8-28(18)22(29)13(14)9-32-23(24)30)19-16(26)5-4-11-10(2)15(25)7-17(27-21)20(11)19/h6-7,16,23,30-31H,3-5,8-9,26H2,1-2H3/t16-,23?,24+/m1/s1. The lowest BCUT2D eigenvalue weighted by molar-refractivity contribution is -0.236. The Bertz CT molecular complexity index is 1400. The van der Waals surface area contributed by atoms with Crippen molar-refractivity contribution in [3.63, 3.8) is 0 Å². The SMILES string of the molecule is CC[C@]1(O)c2cc3n(c(=O)c2COC1O)Cc1c-3nc2cc(Cl)c(C)c3c2c1[C@H](N)CC3. The summed E-state index contributed by atoms with van der Waals surface area (Å²) in [4.78, 5) is 18.4. The minimum atomic E-state index is -1.65. The molecule has 3 aromatic rings. The third-order valence-corrected chi connectivity index (χ3v) is 7.97. The van der Waals surface area contributed by atoms with Crippen molar-refractivity contribution in [3.8, 4) is 11.4 Å². The molecule has 3 aliphatic rings. The average Bonchev–Trinajstić information content (AvgIpc) is 3.14. The van der Waals surface area contributed by atoms with Crippen LogP contribution in [-0.4, -0.2) is 26.1 Å². The van der Waals surface area contributed by atoms with Crippen molar-refractivity contribution in [2.75, 3.05) is 0 Å². The Kier molecular flexibility index (Phi) is 4.20. The second-order valence-electron chi connectivity index (χ2n) is 9.11. The molecule has 2 aromatic heterocycles. The fraction of sp³-hybridized carbons (Fsp3) is 0.417. The van der Waals surface area contributed by atoms with Gasteiger partial charge in [-0.05, 0) is 55.0 Å². The molecule has 8 heteroatoms. The molecule has 0 amide bonds. The summed E-state index contributed by atoms with van der Waals surface area (Å²) in [5.41, 5.74) is 11.8. The topological polar surface area (TPSA) is 111 Å². The minimum Gasteiger partial charge on any atom is -0.380 e. The summed E-state index contributed by atoms with van der Waals surface area (Å²) in [6.07, 6.45) is 0.456. The molecular formula is C24H24ClN3O4. The van der Waals surface area contributed by atoms with Crippen LogP contribution in [0, 0.1) is 6.92 Å². The van der Waals surface area contributed by atoms with Gasteiger partial charge in [-0.2, -0.15) is 0 Å². The Hall–Kier alpha value is -2.29. The quantitative estimate of drug-likeness (QED) is 0.408. The van der Waals surface area contributed by atoms with Gasteiger partial charge in [-0.1, -0.05) is 18.5 Å². The first-order valence-electron chi connectivity index (χ1n) is 11.0. The Morgan fingerprint density at radius 2 is 2.12 bits per heavy atom. The van der Waals surface area contributed by atoms with E-state index in [1.54, 1.807) is 17.6 Å². The second kappa shape index (κ2) is 6.62. The molecule has 1 unspecified atom stereocenters. The monoisotopic (exact) mass is 453 g/mol. The Morgan fingerprint density at radius 3 is 2.88 bits per heavy atom. The number of halogens is 1. The predicted molar refractivity (Wildman–Crippen MR) is 121 cm³/mol. The summed E-state index contributed by atoms with van der Waals surface area (Å²) >= 11 is 6.53. The first-order chi connectivity index (χ1) is 15.3. The fourth-order valence-corrected chi connectivity index (χ4v) is 5.92. The average molecular weight is 454 g/mol. The smallest absolute Gasteiger partial charge is 0.257 e. The number of ether oxygens (including phenoxy) is 1. The van der Waals surface area contributed by atoms with Gasteiger partial charge in [-0.3, -0.25) is 4.79 Å². The first kappa shape index (κ1) is 20.3. The molecule has 166 valence electrons. The van der Waals surface area contributed by atoms with E-state index in [1.807, 2.05) is 13.0 Å². The van der Waals surface area contributed by atoms with Crippen molar-refractivity contribution < 1.29 is 14.9 Å². The van der Waals surface area contributed by atoms with Crippen LogP contribution in [-0.2, 0) is 29.9 Å². The maximum Gasteiger partial charge on any atom is 0.257 e. The molecule has 0 fully saturated rings. The molecule has 0 radical (unpaired) electrons. The van der Waals surface area contributed by atoms with E-state index in [2.05, 4.69) is 0 Å².